The monoisotopic (exact) mass is 286 g/mol. The maximum Gasteiger partial charge on any atom is 0.0236 e. The van der Waals surface area contributed by atoms with E-state index in [4.69, 9.17) is 0 Å². The molecule has 0 saturated heterocycles. The molecule has 0 bridgehead atoms. The topological polar surface area (TPSA) is 15.3 Å². The maximum atomic E-state index is 3.48. The van der Waals surface area contributed by atoms with Crippen LogP contribution in [0.4, 0.5) is 0 Å². The van der Waals surface area contributed by atoms with Gasteiger partial charge in [0.05, 0.1) is 0 Å². The Kier molecular flexibility index (Phi) is 4.97. The Morgan fingerprint density at radius 3 is 2.76 bits per heavy atom. The lowest BCUT2D eigenvalue weighted by atomic mass is 9.84. The van der Waals surface area contributed by atoms with E-state index >= 15 is 0 Å². The van der Waals surface area contributed by atoms with Crippen molar-refractivity contribution in [2.24, 2.45) is 5.92 Å². The zero-order valence-electron chi connectivity index (χ0n) is 13.7. The summed E-state index contributed by atoms with van der Waals surface area (Å²) in [5.41, 5.74) is 4.70. The van der Waals surface area contributed by atoms with Crippen LogP contribution >= 0.6 is 0 Å². The third-order valence-electron chi connectivity index (χ3n) is 5.67. The highest BCUT2D eigenvalue weighted by molar-refractivity contribution is 5.37. The lowest BCUT2D eigenvalue weighted by Gasteiger charge is -2.35. The van der Waals surface area contributed by atoms with Crippen molar-refractivity contribution in [3.63, 3.8) is 0 Å². The Morgan fingerprint density at radius 2 is 2.00 bits per heavy atom. The number of benzene rings is 1. The van der Waals surface area contributed by atoms with Gasteiger partial charge < -0.3 is 5.32 Å². The van der Waals surface area contributed by atoms with E-state index in [-0.39, 0.29) is 0 Å². The van der Waals surface area contributed by atoms with E-state index in [2.05, 4.69) is 42.4 Å². The van der Waals surface area contributed by atoms with Crippen LogP contribution in [0.25, 0.3) is 0 Å². The van der Waals surface area contributed by atoms with Crippen LogP contribution in [0, 0.1) is 5.92 Å². The second kappa shape index (κ2) is 6.93. The van der Waals surface area contributed by atoms with Crippen molar-refractivity contribution in [3.05, 3.63) is 34.9 Å². The molecule has 1 N–H and O–H groups in total. The Morgan fingerprint density at radius 1 is 1.19 bits per heavy atom. The molecule has 0 aromatic heterocycles. The molecular weight excluding hydrogens is 256 g/mol. The summed E-state index contributed by atoms with van der Waals surface area (Å²) in [6.07, 6.45) is 8.22. The molecule has 1 aromatic rings. The lowest BCUT2D eigenvalue weighted by molar-refractivity contribution is 0.157. The van der Waals surface area contributed by atoms with E-state index in [1.165, 1.54) is 44.1 Å². The zero-order valence-corrected chi connectivity index (χ0v) is 13.7. The van der Waals surface area contributed by atoms with Crippen LogP contribution in [0.15, 0.2) is 18.2 Å². The van der Waals surface area contributed by atoms with Crippen LogP contribution in [0.3, 0.4) is 0 Å². The van der Waals surface area contributed by atoms with Crippen LogP contribution in [-0.4, -0.2) is 24.5 Å². The Bertz CT molecular complexity index is 461. The molecule has 0 radical (unpaired) electrons. The summed E-state index contributed by atoms with van der Waals surface area (Å²) >= 11 is 0. The summed E-state index contributed by atoms with van der Waals surface area (Å²) < 4.78 is 0. The van der Waals surface area contributed by atoms with Gasteiger partial charge in [0.1, 0.15) is 0 Å². The van der Waals surface area contributed by atoms with Crippen LogP contribution in [-0.2, 0) is 19.5 Å². The molecule has 1 heterocycles. The highest BCUT2D eigenvalue weighted by Crippen LogP contribution is 2.30. The van der Waals surface area contributed by atoms with Gasteiger partial charge in [0.15, 0.2) is 0 Å². The van der Waals surface area contributed by atoms with Gasteiger partial charge in [-0.3, -0.25) is 4.90 Å². The van der Waals surface area contributed by atoms with Crippen LogP contribution in [0.1, 0.15) is 55.7 Å². The van der Waals surface area contributed by atoms with Crippen molar-refractivity contribution in [1.29, 1.82) is 0 Å². The maximum absolute atomic E-state index is 3.48. The van der Waals surface area contributed by atoms with Gasteiger partial charge in [-0.15, -0.1) is 0 Å². The minimum absolute atomic E-state index is 0.797. The van der Waals surface area contributed by atoms with E-state index in [9.17, 15) is 0 Å². The largest absolute Gasteiger partial charge is 0.312 e. The number of fused-ring (bicyclic) bond motifs is 1. The molecule has 1 saturated carbocycles. The number of rotatable bonds is 4. The molecule has 3 rings (SSSR count). The Hall–Kier alpha value is -0.860. The predicted octanol–water partition coefficient (Wildman–Crippen LogP) is 3.73. The molecule has 0 spiro atoms. The third kappa shape index (κ3) is 3.49. The standard InChI is InChI=1S/C19H30N2/c1-3-15-7-9-18(10-8-15)21(2)14-17-6-4-5-16-13-20-12-11-19(16)17/h4-6,15,18,20H,3,7-14H2,1-2H3. The fourth-order valence-electron chi connectivity index (χ4n) is 4.15. The minimum Gasteiger partial charge on any atom is -0.312 e. The van der Waals surface area contributed by atoms with Crippen molar-refractivity contribution >= 4 is 0 Å². The van der Waals surface area contributed by atoms with E-state index in [0.717, 1.165) is 31.6 Å². The quantitative estimate of drug-likeness (QED) is 0.907. The number of hydrogen-bond donors (Lipinski definition) is 1. The fraction of sp³-hybridized carbons (Fsp3) is 0.684. The summed E-state index contributed by atoms with van der Waals surface area (Å²) in [4.78, 5) is 2.61. The molecule has 0 unspecified atom stereocenters. The molecule has 21 heavy (non-hydrogen) atoms. The summed E-state index contributed by atoms with van der Waals surface area (Å²) in [5, 5.41) is 3.48. The molecule has 1 aliphatic carbocycles. The first kappa shape index (κ1) is 15.1. The molecule has 2 heteroatoms. The predicted molar refractivity (Wildman–Crippen MR) is 89.4 cm³/mol. The van der Waals surface area contributed by atoms with Gasteiger partial charge in [-0.1, -0.05) is 31.5 Å². The molecular formula is C19H30N2. The van der Waals surface area contributed by atoms with Gasteiger partial charge in [-0.05, 0) is 68.3 Å². The molecule has 1 aromatic carbocycles. The van der Waals surface area contributed by atoms with Crippen molar-refractivity contribution < 1.29 is 0 Å². The van der Waals surface area contributed by atoms with E-state index in [1.54, 1.807) is 11.1 Å². The van der Waals surface area contributed by atoms with Gasteiger partial charge in [0.25, 0.3) is 0 Å². The fourth-order valence-corrected chi connectivity index (χ4v) is 4.15. The lowest BCUT2D eigenvalue weighted by Crippen LogP contribution is -2.35. The van der Waals surface area contributed by atoms with Gasteiger partial charge in [-0.25, -0.2) is 0 Å². The molecule has 1 aliphatic heterocycles. The minimum atomic E-state index is 0.797. The summed E-state index contributed by atoms with van der Waals surface area (Å²) in [7, 11) is 2.33. The Balaban J connectivity index is 1.64. The second-order valence-corrected chi connectivity index (χ2v) is 6.98. The number of nitrogens with one attached hydrogen (secondary N) is 1. The first-order chi connectivity index (χ1) is 10.3. The van der Waals surface area contributed by atoms with E-state index in [1.807, 2.05) is 0 Å². The average molecular weight is 286 g/mol. The molecule has 2 nitrogen and oxygen atoms in total. The zero-order chi connectivity index (χ0) is 14.7. The summed E-state index contributed by atoms with van der Waals surface area (Å²) in [6, 6.07) is 7.67. The average Bonchev–Trinajstić information content (AvgIpc) is 2.55. The van der Waals surface area contributed by atoms with Crippen molar-refractivity contribution in [2.75, 3.05) is 13.6 Å². The van der Waals surface area contributed by atoms with Gasteiger partial charge in [0.2, 0.25) is 0 Å². The number of hydrogen-bond acceptors (Lipinski definition) is 2. The van der Waals surface area contributed by atoms with Crippen LogP contribution in [0.5, 0.6) is 0 Å². The molecule has 0 amide bonds. The van der Waals surface area contributed by atoms with E-state index < -0.39 is 0 Å². The second-order valence-electron chi connectivity index (χ2n) is 6.98. The van der Waals surface area contributed by atoms with Crippen molar-refractivity contribution in [2.45, 2.75) is 64.6 Å². The third-order valence-corrected chi connectivity index (χ3v) is 5.67. The highest BCUT2D eigenvalue weighted by Gasteiger charge is 2.23. The SMILES string of the molecule is CCC1CCC(N(C)Cc2cccc3c2CCNC3)CC1. The van der Waals surface area contributed by atoms with E-state index in [0.29, 0.717) is 0 Å². The number of nitrogens with zero attached hydrogens (tertiary/aromatic N) is 1. The van der Waals surface area contributed by atoms with Gasteiger partial charge in [0, 0.05) is 19.1 Å². The van der Waals surface area contributed by atoms with Crippen molar-refractivity contribution in [3.8, 4) is 0 Å². The smallest absolute Gasteiger partial charge is 0.0236 e. The first-order valence-electron chi connectivity index (χ1n) is 8.78. The molecule has 116 valence electrons. The molecule has 0 atom stereocenters. The summed E-state index contributed by atoms with van der Waals surface area (Å²) in [6.45, 7) is 5.66. The van der Waals surface area contributed by atoms with Gasteiger partial charge >= 0.3 is 0 Å². The first-order valence-corrected chi connectivity index (χ1v) is 8.78. The van der Waals surface area contributed by atoms with Crippen molar-refractivity contribution in [1.82, 2.24) is 10.2 Å². The highest BCUT2D eigenvalue weighted by atomic mass is 15.1. The summed E-state index contributed by atoms with van der Waals surface area (Å²) in [5.74, 6) is 0.991. The normalized spacial score (nSPS) is 25.9. The Labute approximate surface area is 129 Å². The molecule has 2 aliphatic rings. The van der Waals surface area contributed by atoms with Crippen LogP contribution in [0.2, 0.25) is 0 Å². The van der Waals surface area contributed by atoms with Gasteiger partial charge in [-0.2, -0.15) is 0 Å². The van der Waals surface area contributed by atoms with Crippen LogP contribution < -0.4 is 5.32 Å². The molecule has 1 fully saturated rings.